The zero-order chi connectivity index (χ0) is 21.6. The third-order valence-electron chi connectivity index (χ3n) is 5.60. The van der Waals surface area contributed by atoms with E-state index in [1.165, 1.54) is 11.4 Å². The molecule has 2 aromatic carbocycles. The fourth-order valence-corrected chi connectivity index (χ4v) is 4.47. The Hall–Kier alpha value is -0.416. The molecule has 0 aliphatic rings. The summed E-state index contributed by atoms with van der Waals surface area (Å²) in [6.45, 7) is 18.7. The first-order chi connectivity index (χ1) is 13.7. The Kier molecular flexibility index (Phi) is 17.1. The zero-order valence-corrected chi connectivity index (χ0v) is 24.2. The van der Waals surface area contributed by atoms with Crippen LogP contribution in [0.3, 0.4) is 0 Å². The van der Waals surface area contributed by atoms with Gasteiger partial charge in [-0.3, -0.25) is 0 Å². The van der Waals surface area contributed by atoms with Crippen molar-refractivity contribution >= 4 is 50.4 Å². The molecule has 0 fully saturated rings. The number of benzene rings is 2. The number of halogens is 2. The van der Waals surface area contributed by atoms with E-state index in [1.54, 1.807) is 0 Å². The topological polar surface area (TPSA) is 9.72 Å². The van der Waals surface area contributed by atoms with Crippen LogP contribution in [0.2, 0.25) is 0 Å². The Bertz CT molecular complexity index is 666. The van der Waals surface area contributed by atoms with Crippen molar-refractivity contribution in [1.29, 1.82) is 0 Å². The van der Waals surface area contributed by atoms with Crippen molar-refractivity contribution in [2.24, 2.45) is 0 Å². The average molecular weight is 512 g/mol. The smallest absolute Gasteiger partial charge is 0.321 e. The maximum Gasteiger partial charge on any atom is 0.321 e. The van der Waals surface area contributed by atoms with E-state index in [4.69, 9.17) is 0 Å². The van der Waals surface area contributed by atoms with Crippen molar-refractivity contribution in [2.75, 3.05) is 4.81 Å². The number of anilines is 2. The van der Waals surface area contributed by atoms with Crippen LogP contribution in [-0.2, 0) is 21.7 Å². The first-order valence-electron chi connectivity index (χ1n) is 11.2. The molecule has 8 heteroatoms. The molecule has 0 spiro atoms. The molecule has 32 heavy (non-hydrogen) atoms. The Morgan fingerprint density at radius 1 is 0.594 bits per heavy atom. The molecule has 0 saturated carbocycles. The molecule has 2 rings (SSSR count). The van der Waals surface area contributed by atoms with Crippen molar-refractivity contribution < 1.29 is 21.7 Å². The van der Waals surface area contributed by atoms with Crippen molar-refractivity contribution in [3.05, 3.63) is 60.7 Å². The molecular weight excluding hydrogens is 471 g/mol. The monoisotopic (exact) mass is 511 g/mol. The van der Waals surface area contributed by atoms with E-state index in [2.05, 4.69) is 130 Å². The van der Waals surface area contributed by atoms with Crippen molar-refractivity contribution in [3.63, 3.8) is 0 Å². The first kappa shape index (κ1) is 33.8. The third kappa shape index (κ3) is 9.08. The summed E-state index contributed by atoms with van der Waals surface area (Å²) in [4.78, 5) is 7.79. The minimum atomic E-state index is 0. The quantitative estimate of drug-likeness (QED) is 0.350. The zero-order valence-electron chi connectivity index (χ0n) is 21.0. The molecule has 176 valence electrons. The average Bonchev–Trinajstić information content (AvgIpc) is 2.66. The SMILES string of the molecule is CC(C)N(BB(N(c1ccccc1)c1ccccc1)N(C(C)C)C(C)C)C(C)C.Cl.Cl.[Ti]. The summed E-state index contributed by atoms with van der Waals surface area (Å²) < 4.78 is 0. The summed E-state index contributed by atoms with van der Waals surface area (Å²) in [6, 6.07) is 23.5. The Morgan fingerprint density at radius 3 is 1.22 bits per heavy atom. The standard InChI is InChI=1S/C24H39B2N3.2ClH.Ti/c1-19(2)27(20(3)4)25-26(28(21(5)6)22(7)8)29(23-15-11-9-12-16-23)24-17-13-10-14-18-24;;;/h9-22,25H,1-8H3;2*1H;. The minimum Gasteiger partial charge on any atom is -0.376 e. The van der Waals surface area contributed by atoms with Gasteiger partial charge in [-0.2, -0.15) is 0 Å². The molecule has 0 aromatic heterocycles. The normalized spacial score (nSPS) is 10.8. The summed E-state index contributed by atoms with van der Waals surface area (Å²) in [5, 5.41) is 0. The van der Waals surface area contributed by atoms with Gasteiger partial charge in [-0.25, -0.2) is 0 Å². The third-order valence-corrected chi connectivity index (χ3v) is 5.60. The summed E-state index contributed by atoms with van der Waals surface area (Å²) in [5.74, 6) is 0. The molecule has 0 aliphatic carbocycles. The van der Waals surface area contributed by atoms with Crippen LogP contribution >= 0.6 is 24.8 Å². The van der Waals surface area contributed by atoms with Gasteiger partial charge in [-0.15, -0.1) is 24.8 Å². The van der Waals surface area contributed by atoms with Crippen LogP contribution in [0, 0.1) is 0 Å². The Morgan fingerprint density at radius 2 is 0.938 bits per heavy atom. The minimum absolute atomic E-state index is 0. The molecule has 0 aliphatic heterocycles. The van der Waals surface area contributed by atoms with Gasteiger partial charge in [0.05, 0.1) is 0 Å². The molecule has 0 heterocycles. The van der Waals surface area contributed by atoms with Gasteiger partial charge in [0.2, 0.25) is 7.31 Å². The van der Waals surface area contributed by atoms with Crippen LogP contribution in [0.5, 0.6) is 0 Å². The Balaban J connectivity index is 0. The molecule has 3 nitrogen and oxygen atoms in total. The summed E-state index contributed by atoms with van der Waals surface area (Å²) in [6.07, 6.45) is 0. The van der Waals surface area contributed by atoms with Gasteiger partial charge in [0.1, 0.15) is 0 Å². The molecule has 2 aromatic rings. The largest absolute Gasteiger partial charge is 0.376 e. The van der Waals surface area contributed by atoms with Crippen molar-refractivity contribution in [1.82, 2.24) is 9.62 Å². The van der Waals surface area contributed by atoms with Gasteiger partial charge >= 0.3 is 6.87 Å². The number of para-hydroxylation sites is 2. The maximum absolute atomic E-state index is 2.65. The maximum atomic E-state index is 2.65. The molecule has 0 amide bonds. The van der Waals surface area contributed by atoms with Crippen LogP contribution in [0.15, 0.2) is 60.7 Å². The fourth-order valence-electron chi connectivity index (χ4n) is 4.47. The Labute approximate surface area is 225 Å². The molecule has 0 N–H and O–H groups in total. The van der Waals surface area contributed by atoms with Gasteiger partial charge in [0.15, 0.2) is 0 Å². The van der Waals surface area contributed by atoms with Gasteiger partial charge in [-0.05, 0) is 48.4 Å². The fraction of sp³-hybridized carbons (Fsp3) is 0.500. The predicted molar refractivity (Wildman–Crippen MR) is 147 cm³/mol. The first-order valence-corrected chi connectivity index (χ1v) is 11.2. The predicted octanol–water partition coefficient (Wildman–Crippen LogP) is 6.24. The number of nitrogens with zero attached hydrogens (tertiary/aromatic N) is 3. The van der Waals surface area contributed by atoms with E-state index in [0.717, 1.165) is 7.31 Å². The molecule has 0 radical (unpaired) electrons. The molecule has 0 saturated heterocycles. The van der Waals surface area contributed by atoms with Gasteiger partial charge in [0, 0.05) is 33.1 Å². The van der Waals surface area contributed by atoms with E-state index >= 15 is 0 Å². The van der Waals surface area contributed by atoms with Crippen molar-refractivity contribution in [2.45, 2.75) is 79.6 Å². The second kappa shape index (κ2) is 16.3. The van der Waals surface area contributed by atoms with E-state index in [9.17, 15) is 0 Å². The van der Waals surface area contributed by atoms with E-state index < -0.39 is 0 Å². The van der Waals surface area contributed by atoms with Crippen LogP contribution in [0.4, 0.5) is 11.4 Å². The number of rotatable bonds is 10. The van der Waals surface area contributed by atoms with E-state index in [-0.39, 0.29) is 53.4 Å². The van der Waals surface area contributed by atoms with E-state index in [0.29, 0.717) is 24.2 Å². The molecule has 0 bridgehead atoms. The van der Waals surface area contributed by atoms with Crippen LogP contribution in [0.25, 0.3) is 0 Å². The number of hydrogen-bond acceptors (Lipinski definition) is 3. The van der Waals surface area contributed by atoms with Gasteiger partial charge in [0.25, 0.3) is 0 Å². The van der Waals surface area contributed by atoms with Crippen LogP contribution in [0.1, 0.15) is 55.4 Å². The number of hydrogen-bond donors (Lipinski definition) is 0. The summed E-state index contributed by atoms with van der Waals surface area (Å²) >= 11 is 0. The second-order valence-electron chi connectivity index (χ2n) is 9.04. The molecule has 0 unspecified atom stereocenters. The van der Waals surface area contributed by atoms with Crippen LogP contribution in [-0.4, -0.2) is 48.0 Å². The van der Waals surface area contributed by atoms with Crippen LogP contribution < -0.4 is 4.81 Å². The molecular formula is C24H41B2Cl2N3Ti. The van der Waals surface area contributed by atoms with Gasteiger partial charge < -0.3 is 14.4 Å². The molecule has 0 atom stereocenters. The second-order valence-corrected chi connectivity index (χ2v) is 9.04. The van der Waals surface area contributed by atoms with Gasteiger partial charge in [-0.1, -0.05) is 91.8 Å². The summed E-state index contributed by atoms with van der Waals surface area (Å²) in [5.41, 5.74) is 2.48. The van der Waals surface area contributed by atoms with Crippen molar-refractivity contribution in [3.8, 4) is 0 Å². The summed E-state index contributed by atoms with van der Waals surface area (Å²) in [7, 11) is 0.982. The van der Waals surface area contributed by atoms with E-state index in [1.807, 2.05) is 0 Å².